The summed E-state index contributed by atoms with van der Waals surface area (Å²) in [6.45, 7) is 4.35. The molecule has 2 N–H and O–H groups in total. The number of nitrogens with zero attached hydrogens (tertiary/aromatic N) is 3. The molecule has 2 aromatic heterocycles. The van der Waals surface area contributed by atoms with Gasteiger partial charge in [0.2, 0.25) is 0 Å². The number of rotatable bonds is 7. The van der Waals surface area contributed by atoms with Gasteiger partial charge in [0.05, 0.1) is 18.5 Å². The van der Waals surface area contributed by atoms with Gasteiger partial charge in [-0.2, -0.15) is 0 Å². The summed E-state index contributed by atoms with van der Waals surface area (Å²) >= 11 is 0. The molecule has 0 atom stereocenters. The van der Waals surface area contributed by atoms with Crippen LogP contribution in [0.5, 0.6) is 5.75 Å². The quantitative estimate of drug-likeness (QED) is 0.669. The van der Waals surface area contributed by atoms with Crippen molar-refractivity contribution >= 4 is 17.4 Å². The van der Waals surface area contributed by atoms with Gasteiger partial charge in [-0.1, -0.05) is 6.07 Å². The van der Waals surface area contributed by atoms with Crippen molar-refractivity contribution in [3.63, 3.8) is 0 Å². The van der Waals surface area contributed by atoms with Gasteiger partial charge in [0.25, 0.3) is 5.91 Å². The molecule has 0 aliphatic heterocycles. The number of pyridine rings is 1. The third-order valence-corrected chi connectivity index (χ3v) is 3.56. The van der Waals surface area contributed by atoms with Crippen LogP contribution < -0.4 is 15.4 Å². The van der Waals surface area contributed by atoms with Crippen LogP contribution in [-0.4, -0.2) is 27.0 Å². The smallest absolute Gasteiger partial charge is 0.271 e. The summed E-state index contributed by atoms with van der Waals surface area (Å²) in [5, 5.41) is 5.93. The first-order valence-electron chi connectivity index (χ1n) is 8.63. The molecule has 138 valence electrons. The minimum absolute atomic E-state index is 0.131. The van der Waals surface area contributed by atoms with Crippen molar-refractivity contribution in [3.8, 4) is 5.75 Å². The first-order valence-corrected chi connectivity index (χ1v) is 8.63. The van der Waals surface area contributed by atoms with Crippen LogP contribution in [0, 0.1) is 0 Å². The Morgan fingerprint density at radius 2 is 1.89 bits per heavy atom. The number of nitrogens with one attached hydrogen (secondary N) is 2. The van der Waals surface area contributed by atoms with E-state index in [0.717, 1.165) is 17.0 Å². The Hall–Kier alpha value is -3.48. The lowest BCUT2D eigenvalue weighted by molar-refractivity contribution is 0.0945. The molecule has 0 unspecified atom stereocenters. The van der Waals surface area contributed by atoms with E-state index in [-0.39, 0.29) is 17.7 Å². The van der Waals surface area contributed by atoms with E-state index < -0.39 is 0 Å². The lowest BCUT2D eigenvalue weighted by Gasteiger charge is -2.11. The zero-order valence-electron chi connectivity index (χ0n) is 15.2. The number of hydrogen-bond donors (Lipinski definition) is 2. The Morgan fingerprint density at radius 1 is 1.07 bits per heavy atom. The van der Waals surface area contributed by atoms with Crippen molar-refractivity contribution in [2.45, 2.75) is 26.5 Å². The van der Waals surface area contributed by atoms with Gasteiger partial charge in [-0.05, 0) is 49.7 Å². The van der Waals surface area contributed by atoms with Crippen LogP contribution in [0.1, 0.15) is 29.9 Å². The van der Waals surface area contributed by atoms with Gasteiger partial charge in [0.1, 0.15) is 17.3 Å². The largest absolute Gasteiger partial charge is 0.491 e. The molecule has 7 heteroatoms. The van der Waals surface area contributed by atoms with E-state index in [1.165, 1.54) is 12.4 Å². The van der Waals surface area contributed by atoms with Gasteiger partial charge in [-0.25, -0.2) is 9.97 Å². The molecule has 3 aromatic rings. The Bertz CT molecular complexity index is 865. The summed E-state index contributed by atoms with van der Waals surface area (Å²) in [7, 11) is 0. The molecule has 0 radical (unpaired) electrons. The second-order valence-corrected chi connectivity index (χ2v) is 6.15. The number of carbonyl (C=O) groups is 1. The topological polar surface area (TPSA) is 89.0 Å². The monoisotopic (exact) mass is 363 g/mol. The highest BCUT2D eigenvalue weighted by Crippen LogP contribution is 2.19. The maximum atomic E-state index is 12.1. The van der Waals surface area contributed by atoms with Crippen molar-refractivity contribution < 1.29 is 9.53 Å². The minimum Gasteiger partial charge on any atom is -0.491 e. The zero-order chi connectivity index (χ0) is 19.1. The molecular formula is C20H21N5O2. The molecule has 0 saturated carbocycles. The van der Waals surface area contributed by atoms with Crippen LogP contribution in [0.3, 0.4) is 0 Å². The highest BCUT2D eigenvalue weighted by molar-refractivity contribution is 5.92. The highest BCUT2D eigenvalue weighted by Gasteiger charge is 2.08. The fourth-order valence-corrected chi connectivity index (χ4v) is 2.32. The van der Waals surface area contributed by atoms with E-state index in [1.54, 1.807) is 12.4 Å². The van der Waals surface area contributed by atoms with Gasteiger partial charge in [-0.3, -0.25) is 9.78 Å². The lowest BCUT2D eigenvalue weighted by atomic mass is 10.3. The standard InChI is InChI=1S/C20H21N5O2/c1-14(2)27-17-7-5-16(6-8-17)25-19-13-22-18(12-23-19)20(26)24-11-15-4-3-9-21-10-15/h3-10,12-14H,11H2,1-2H3,(H,23,25)(H,24,26). The second-order valence-electron chi connectivity index (χ2n) is 6.15. The maximum absolute atomic E-state index is 12.1. The van der Waals surface area contributed by atoms with Crippen molar-refractivity contribution in [3.05, 3.63) is 72.4 Å². The van der Waals surface area contributed by atoms with Crippen LogP contribution in [0.2, 0.25) is 0 Å². The third kappa shape index (κ3) is 5.50. The molecule has 7 nitrogen and oxygen atoms in total. The molecule has 1 amide bonds. The predicted molar refractivity (Wildman–Crippen MR) is 103 cm³/mol. The van der Waals surface area contributed by atoms with Crippen LogP contribution in [0.15, 0.2) is 61.2 Å². The lowest BCUT2D eigenvalue weighted by Crippen LogP contribution is -2.24. The number of ether oxygens (including phenoxy) is 1. The van der Waals surface area contributed by atoms with Gasteiger partial charge in [0.15, 0.2) is 0 Å². The SMILES string of the molecule is CC(C)Oc1ccc(Nc2cnc(C(=O)NCc3cccnc3)cn2)cc1. The highest BCUT2D eigenvalue weighted by atomic mass is 16.5. The second kappa shape index (κ2) is 8.75. The molecule has 1 aromatic carbocycles. The van der Waals surface area contributed by atoms with Crippen molar-refractivity contribution in [1.82, 2.24) is 20.3 Å². The summed E-state index contributed by atoms with van der Waals surface area (Å²) in [5.41, 5.74) is 2.03. The maximum Gasteiger partial charge on any atom is 0.271 e. The van der Waals surface area contributed by atoms with Crippen LogP contribution >= 0.6 is 0 Å². The Kier molecular flexibility index (Phi) is 5.94. The molecule has 3 rings (SSSR count). The minimum atomic E-state index is -0.284. The summed E-state index contributed by atoms with van der Waals surface area (Å²) in [6, 6.07) is 11.3. The van der Waals surface area contributed by atoms with E-state index in [9.17, 15) is 4.79 Å². The van der Waals surface area contributed by atoms with Gasteiger partial charge < -0.3 is 15.4 Å². The van der Waals surface area contributed by atoms with E-state index in [4.69, 9.17) is 4.74 Å². The average molecular weight is 363 g/mol. The van der Waals surface area contributed by atoms with Crippen molar-refractivity contribution in [2.24, 2.45) is 0 Å². The van der Waals surface area contributed by atoms with E-state index in [0.29, 0.717) is 12.4 Å². The zero-order valence-corrected chi connectivity index (χ0v) is 15.2. The van der Waals surface area contributed by atoms with E-state index in [2.05, 4.69) is 25.6 Å². The van der Waals surface area contributed by atoms with Crippen LogP contribution in [-0.2, 0) is 6.54 Å². The summed E-state index contributed by atoms with van der Waals surface area (Å²) in [6.07, 6.45) is 6.49. The number of anilines is 2. The average Bonchev–Trinajstić information content (AvgIpc) is 2.69. The van der Waals surface area contributed by atoms with E-state index in [1.807, 2.05) is 50.2 Å². The number of hydrogen-bond acceptors (Lipinski definition) is 6. The fraction of sp³-hybridized carbons (Fsp3) is 0.200. The predicted octanol–water partition coefficient (Wildman–Crippen LogP) is 3.33. The summed E-state index contributed by atoms with van der Waals surface area (Å²) < 4.78 is 5.61. The molecular weight excluding hydrogens is 342 g/mol. The first kappa shape index (κ1) is 18.3. The summed E-state index contributed by atoms with van der Waals surface area (Å²) in [5.74, 6) is 1.08. The molecule has 2 heterocycles. The van der Waals surface area contributed by atoms with Gasteiger partial charge in [0, 0.05) is 24.6 Å². The van der Waals surface area contributed by atoms with Crippen molar-refractivity contribution in [1.29, 1.82) is 0 Å². The van der Waals surface area contributed by atoms with Crippen LogP contribution in [0.25, 0.3) is 0 Å². The fourth-order valence-electron chi connectivity index (χ4n) is 2.32. The van der Waals surface area contributed by atoms with E-state index >= 15 is 0 Å². The van der Waals surface area contributed by atoms with Gasteiger partial charge in [-0.15, -0.1) is 0 Å². The summed E-state index contributed by atoms with van der Waals surface area (Å²) in [4.78, 5) is 24.6. The number of benzene rings is 1. The third-order valence-electron chi connectivity index (χ3n) is 3.56. The van der Waals surface area contributed by atoms with Crippen molar-refractivity contribution in [2.75, 3.05) is 5.32 Å². The molecule has 0 spiro atoms. The molecule has 0 aliphatic rings. The number of carbonyl (C=O) groups excluding carboxylic acids is 1. The van der Waals surface area contributed by atoms with Crippen LogP contribution in [0.4, 0.5) is 11.5 Å². The molecule has 0 saturated heterocycles. The normalized spacial score (nSPS) is 10.5. The molecule has 0 fully saturated rings. The molecule has 27 heavy (non-hydrogen) atoms. The first-order chi connectivity index (χ1) is 13.1. The number of amides is 1. The molecule has 0 aliphatic carbocycles. The number of aromatic nitrogens is 3. The Labute approximate surface area is 157 Å². The Balaban J connectivity index is 1.55. The Morgan fingerprint density at radius 3 is 2.52 bits per heavy atom. The van der Waals surface area contributed by atoms with Gasteiger partial charge >= 0.3 is 0 Å². The molecule has 0 bridgehead atoms.